The third-order valence-electron chi connectivity index (χ3n) is 5.01. The Balaban J connectivity index is 1.71. The van der Waals surface area contributed by atoms with Crippen LogP contribution in [0.2, 0.25) is 0 Å². The molecule has 1 aliphatic rings. The molecule has 0 unspecified atom stereocenters. The van der Waals surface area contributed by atoms with Crippen molar-refractivity contribution in [3.05, 3.63) is 40.7 Å². The van der Waals surface area contributed by atoms with Crippen LogP contribution >= 0.6 is 11.3 Å². The van der Waals surface area contributed by atoms with Gasteiger partial charge in [-0.05, 0) is 31.9 Å². The van der Waals surface area contributed by atoms with Gasteiger partial charge in [-0.25, -0.2) is 4.98 Å². The number of thiazole rings is 1. The summed E-state index contributed by atoms with van der Waals surface area (Å²) in [6, 6.07) is 4.47. The molecule has 0 aromatic carbocycles. The predicted molar refractivity (Wildman–Crippen MR) is 110 cm³/mol. The van der Waals surface area contributed by atoms with E-state index in [1.807, 2.05) is 30.3 Å². The van der Waals surface area contributed by atoms with E-state index in [0.29, 0.717) is 11.7 Å². The normalized spacial score (nSPS) is 20.2. The first kappa shape index (κ1) is 20.4. The highest BCUT2D eigenvalue weighted by atomic mass is 32.1. The largest absolute Gasteiger partial charge is 0.337 e. The number of rotatable bonds is 5. The van der Waals surface area contributed by atoms with Crippen LogP contribution in [0, 0.1) is 6.92 Å². The zero-order valence-electron chi connectivity index (χ0n) is 16.8. The highest BCUT2D eigenvalue weighted by Gasteiger charge is 2.33. The second kappa shape index (κ2) is 8.79. The Morgan fingerprint density at radius 1 is 1.21 bits per heavy atom. The number of aromatic nitrogens is 2. The van der Waals surface area contributed by atoms with Crippen molar-refractivity contribution < 1.29 is 9.59 Å². The van der Waals surface area contributed by atoms with E-state index in [1.54, 1.807) is 6.92 Å². The lowest BCUT2D eigenvalue weighted by Crippen LogP contribution is -2.58. The third kappa shape index (κ3) is 5.14. The Hall–Kier alpha value is -2.32. The summed E-state index contributed by atoms with van der Waals surface area (Å²) in [5.74, 6) is -0.00147. The molecular weight excluding hydrogens is 374 g/mol. The van der Waals surface area contributed by atoms with Gasteiger partial charge in [-0.2, -0.15) is 0 Å². The minimum atomic E-state index is -0.115. The van der Waals surface area contributed by atoms with Crippen LogP contribution in [-0.4, -0.2) is 56.8 Å². The number of hydrogen-bond acceptors (Lipinski definition) is 6. The summed E-state index contributed by atoms with van der Waals surface area (Å²) in [5, 5.41) is 3.36. The molecule has 0 radical (unpaired) electrons. The lowest BCUT2D eigenvalue weighted by atomic mass is 10.0. The highest BCUT2D eigenvalue weighted by Crippen LogP contribution is 2.25. The van der Waals surface area contributed by atoms with Crippen LogP contribution in [0.25, 0.3) is 0 Å². The van der Waals surface area contributed by atoms with Gasteiger partial charge in [-0.1, -0.05) is 6.07 Å². The first-order valence-corrected chi connectivity index (χ1v) is 10.3. The Morgan fingerprint density at radius 2 is 2.00 bits per heavy atom. The standard InChI is InChI=1S/C20H27N5O2S/c1-13-5-6-17(8-21-13)7-18-11-24(14(2)10-25(18)16(4)27)12-19-9-22-20(28-19)23-15(3)26/h5-6,8-9,14,18H,7,10-12H2,1-4H3,(H,22,23,26)/t14-,18+/m0/s1. The molecule has 0 bridgehead atoms. The fraction of sp³-hybridized carbons (Fsp3) is 0.500. The number of hydrogen-bond donors (Lipinski definition) is 1. The van der Waals surface area contributed by atoms with Gasteiger partial charge in [0.1, 0.15) is 0 Å². The summed E-state index contributed by atoms with van der Waals surface area (Å²) in [4.78, 5) is 37.5. The Kier molecular flexibility index (Phi) is 6.41. The number of nitrogens with zero attached hydrogens (tertiary/aromatic N) is 4. The van der Waals surface area contributed by atoms with Gasteiger partial charge in [0, 0.05) is 68.5 Å². The van der Waals surface area contributed by atoms with E-state index in [0.717, 1.165) is 35.6 Å². The summed E-state index contributed by atoms with van der Waals surface area (Å²) in [6.07, 6.45) is 4.51. The van der Waals surface area contributed by atoms with Crippen molar-refractivity contribution in [1.82, 2.24) is 19.8 Å². The van der Waals surface area contributed by atoms with E-state index in [1.165, 1.54) is 18.3 Å². The number of carbonyl (C=O) groups is 2. The maximum absolute atomic E-state index is 12.2. The molecule has 7 nitrogen and oxygen atoms in total. The number of pyridine rings is 1. The van der Waals surface area contributed by atoms with Crippen LogP contribution in [-0.2, 0) is 22.6 Å². The molecule has 3 rings (SSSR count). The van der Waals surface area contributed by atoms with Gasteiger partial charge in [-0.15, -0.1) is 11.3 Å². The average molecular weight is 402 g/mol. The number of nitrogens with one attached hydrogen (secondary N) is 1. The fourth-order valence-corrected chi connectivity index (χ4v) is 4.44. The summed E-state index contributed by atoms with van der Waals surface area (Å²) < 4.78 is 0. The van der Waals surface area contributed by atoms with Crippen molar-refractivity contribution in [1.29, 1.82) is 0 Å². The van der Waals surface area contributed by atoms with Gasteiger partial charge >= 0.3 is 0 Å². The second-order valence-electron chi connectivity index (χ2n) is 7.43. The molecule has 3 heterocycles. The van der Waals surface area contributed by atoms with Gasteiger partial charge in [-0.3, -0.25) is 19.5 Å². The van der Waals surface area contributed by atoms with Gasteiger partial charge in [0.2, 0.25) is 11.8 Å². The summed E-state index contributed by atoms with van der Waals surface area (Å²) >= 11 is 1.50. The van der Waals surface area contributed by atoms with Gasteiger partial charge < -0.3 is 10.2 Å². The van der Waals surface area contributed by atoms with Gasteiger partial charge in [0.25, 0.3) is 0 Å². The minimum absolute atomic E-state index is 0.112. The number of piperazine rings is 1. The summed E-state index contributed by atoms with van der Waals surface area (Å²) in [6.45, 7) is 9.50. The maximum atomic E-state index is 12.2. The molecule has 1 fully saturated rings. The molecule has 2 atom stereocenters. The number of amides is 2. The van der Waals surface area contributed by atoms with Crippen LogP contribution in [0.5, 0.6) is 0 Å². The van der Waals surface area contributed by atoms with Crippen molar-refractivity contribution in [2.75, 3.05) is 18.4 Å². The lowest BCUT2D eigenvalue weighted by Gasteiger charge is -2.45. The summed E-state index contributed by atoms with van der Waals surface area (Å²) in [7, 11) is 0. The number of aryl methyl sites for hydroxylation is 1. The predicted octanol–water partition coefficient (Wildman–Crippen LogP) is 2.47. The van der Waals surface area contributed by atoms with Crippen molar-refractivity contribution in [2.45, 2.75) is 52.7 Å². The molecule has 150 valence electrons. The Morgan fingerprint density at radius 3 is 2.64 bits per heavy atom. The molecule has 2 amide bonds. The van der Waals surface area contributed by atoms with Gasteiger partial charge in [0.15, 0.2) is 5.13 Å². The number of anilines is 1. The summed E-state index contributed by atoms with van der Waals surface area (Å²) in [5.41, 5.74) is 2.13. The molecule has 0 saturated carbocycles. The van der Waals surface area contributed by atoms with E-state index in [2.05, 4.69) is 33.2 Å². The lowest BCUT2D eigenvalue weighted by molar-refractivity contribution is -0.135. The van der Waals surface area contributed by atoms with Crippen molar-refractivity contribution in [3.63, 3.8) is 0 Å². The monoisotopic (exact) mass is 401 g/mol. The topological polar surface area (TPSA) is 78.4 Å². The molecule has 0 spiro atoms. The third-order valence-corrected chi connectivity index (χ3v) is 5.91. The van der Waals surface area contributed by atoms with Crippen molar-refractivity contribution >= 4 is 28.3 Å². The van der Waals surface area contributed by atoms with Crippen molar-refractivity contribution in [3.8, 4) is 0 Å². The van der Waals surface area contributed by atoms with Crippen LogP contribution in [0.4, 0.5) is 5.13 Å². The minimum Gasteiger partial charge on any atom is -0.337 e. The molecule has 2 aromatic rings. The molecule has 28 heavy (non-hydrogen) atoms. The van der Waals surface area contributed by atoms with Crippen LogP contribution in [0.3, 0.4) is 0 Å². The molecule has 2 aromatic heterocycles. The second-order valence-corrected chi connectivity index (χ2v) is 8.54. The van der Waals surface area contributed by atoms with Crippen LogP contribution < -0.4 is 5.32 Å². The van der Waals surface area contributed by atoms with Gasteiger partial charge in [0.05, 0.1) is 0 Å². The zero-order chi connectivity index (χ0) is 20.3. The molecule has 1 N–H and O–H groups in total. The smallest absolute Gasteiger partial charge is 0.223 e. The quantitative estimate of drug-likeness (QED) is 0.833. The Bertz CT molecular complexity index is 835. The SMILES string of the molecule is CC(=O)Nc1ncc(CN2C[C@@H](Cc3ccc(C)nc3)N(C(C)=O)C[C@@H]2C)s1. The number of carbonyl (C=O) groups excluding carboxylic acids is 2. The van der Waals surface area contributed by atoms with Crippen LogP contribution in [0.1, 0.15) is 36.9 Å². The van der Waals surface area contributed by atoms with E-state index in [9.17, 15) is 9.59 Å². The molecular formula is C20H27N5O2S. The van der Waals surface area contributed by atoms with Crippen LogP contribution in [0.15, 0.2) is 24.5 Å². The first-order chi connectivity index (χ1) is 13.3. The average Bonchev–Trinajstić information content (AvgIpc) is 3.05. The fourth-order valence-electron chi connectivity index (χ4n) is 3.56. The maximum Gasteiger partial charge on any atom is 0.223 e. The van der Waals surface area contributed by atoms with E-state index >= 15 is 0 Å². The first-order valence-electron chi connectivity index (χ1n) is 9.47. The zero-order valence-corrected chi connectivity index (χ0v) is 17.6. The highest BCUT2D eigenvalue weighted by molar-refractivity contribution is 7.15. The van der Waals surface area contributed by atoms with Crippen molar-refractivity contribution in [2.24, 2.45) is 0 Å². The van der Waals surface area contributed by atoms with E-state index in [4.69, 9.17) is 0 Å². The molecule has 0 aliphatic carbocycles. The van der Waals surface area contributed by atoms with E-state index in [-0.39, 0.29) is 23.9 Å². The van der Waals surface area contributed by atoms with E-state index < -0.39 is 0 Å². The molecule has 8 heteroatoms. The Labute approximate surface area is 169 Å². The molecule has 1 aliphatic heterocycles. The molecule has 1 saturated heterocycles.